The molecule has 2 aromatic carbocycles. The quantitative estimate of drug-likeness (QED) is 0.357. The summed E-state index contributed by atoms with van der Waals surface area (Å²) < 4.78 is 0. The van der Waals surface area contributed by atoms with Crippen LogP contribution in [0.25, 0.3) is 11.2 Å². The second-order valence-electron chi connectivity index (χ2n) is 6.59. The minimum absolute atomic E-state index is 0.0132. The Morgan fingerprint density at radius 2 is 1.83 bits per heavy atom. The number of ketones is 1. The van der Waals surface area contributed by atoms with Gasteiger partial charge in [-0.15, -0.1) is 0 Å². The van der Waals surface area contributed by atoms with Crippen molar-refractivity contribution in [2.24, 2.45) is 0 Å². The third-order valence-electron chi connectivity index (χ3n) is 4.50. The number of aromatic nitrogens is 4. The topological polar surface area (TPSA) is 147 Å². The number of aliphatic hydroxyl groups excluding tert-OH is 1. The molecule has 0 bridgehead atoms. The van der Waals surface area contributed by atoms with Gasteiger partial charge in [0.1, 0.15) is 6.10 Å². The van der Waals surface area contributed by atoms with Gasteiger partial charge in [-0.3, -0.25) is 9.59 Å². The number of rotatable bonds is 6. The molecule has 0 aliphatic heterocycles. The van der Waals surface area contributed by atoms with E-state index >= 15 is 0 Å². The number of carbonyl (C=O) groups is 1. The average molecular weight is 402 g/mol. The van der Waals surface area contributed by atoms with E-state index in [1.165, 1.54) is 6.20 Å². The highest BCUT2D eigenvalue weighted by Crippen LogP contribution is 2.20. The molecule has 4 aromatic rings. The van der Waals surface area contributed by atoms with E-state index in [0.29, 0.717) is 23.4 Å². The molecule has 0 spiro atoms. The van der Waals surface area contributed by atoms with Crippen LogP contribution in [0.15, 0.2) is 65.6 Å². The van der Waals surface area contributed by atoms with E-state index in [2.05, 4.69) is 25.3 Å². The van der Waals surface area contributed by atoms with Gasteiger partial charge in [-0.2, -0.15) is 4.98 Å². The third-order valence-corrected chi connectivity index (χ3v) is 4.50. The van der Waals surface area contributed by atoms with Crippen LogP contribution in [0.5, 0.6) is 0 Å². The number of Topliss-reactive ketones (excluding diaryl/α,β-unsaturated/α-hetero) is 1. The van der Waals surface area contributed by atoms with E-state index in [0.717, 1.165) is 5.69 Å². The molecular weight excluding hydrogens is 384 g/mol. The molecule has 0 aliphatic carbocycles. The standard InChI is InChI=1S/C21H18N6O3/c22-21-26-19-16(20(30)27-21)25-15(11-24-19)10-23-14-8-6-13(7-9-14)18(29)17(28)12-4-2-1-3-5-12/h1-9,11,18,23,29H,10H2,(H3,22,24,26,27,30). The van der Waals surface area contributed by atoms with E-state index < -0.39 is 11.7 Å². The van der Waals surface area contributed by atoms with Gasteiger partial charge >= 0.3 is 5.56 Å². The summed E-state index contributed by atoms with van der Waals surface area (Å²) in [5.74, 6) is -0.372. The number of anilines is 2. The molecule has 5 N–H and O–H groups in total. The maximum Gasteiger partial charge on any atom is 0.302 e. The van der Waals surface area contributed by atoms with Crippen LogP contribution in [-0.4, -0.2) is 30.8 Å². The molecule has 1 atom stereocenters. The molecule has 30 heavy (non-hydrogen) atoms. The predicted molar refractivity (Wildman–Crippen MR) is 112 cm³/mol. The number of hydrogen-bond acceptors (Lipinski definition) is 8. The maximum absolute atomic E-state index is 12.4. The zero-order valence-corrected chi connectivity index (χ0v) is 15.7. The van der Waals surface area contributed by atoms with E-state index in [1.807, 2.05) is 6.07 Å². The minimum Gasteiger partial charge on any atom is -0.380 e. The van der Waals surface area contributed by atoms with E-state index in [4.69, 9.17) is 5.73 Å². The second kappa shape index (κ2) is 8.10. The van der Waals surface area contributed by atoms with Crippen molar-refractivity contribution < 1.29 is 9.90 Å². The van der Waals surface area contributed by atoms with Crippen molar-refractivity contribution in [3.05, 3.63) is 88.0 Å². The number of carbonyl (C=O) groups excluding carboxylic acids is 1. The molecule has 0 fully saturated rings. The summed E-state index contributed by atoms with van der Waals surface area (Å²) in [4.78, 5) is 39.0. The molecule has 4 rings (SSSR count). The molecule has 9 heteroatoms. The lowest BCUT2D eigenvalue weighted by atomic mass is 10.00. The molecule has 2 aromatic heterocycles. The average Bonchev–Trinajstić information content (AvgIpc) is 2.78. The molecule has 1 unspecified atom stereocenters. The smallest absolute Gasteiger partial charge is 0.302 e. The van der Waals surface area contributed by atoms with E-state index in [-0.39, 0.29) is 22.9 Å². The molecular formula is C21H18N6O3. The first-order chi connectivity index (χ1) is 14.5. The number of nitrogens with two attached hydrogens (primary N) is 1. The van der Waals surface area contributed by atoms with Crippen LogP contribution < -0.4 is 16.6 Å². The first-order valence-corrected chi connectivity index (χ1v) is 9.14. The summed E-state index contributed by atoms with van der Waals surface area (Å²) in [6.07, 6.45) is 0.293. The number of H-pyrrole nitrogens is 1. The highest BCUT2D eigenvalue weighted by molar-refractivity contribution is 5.99. The van der Waals surface area contributed by atoms with Crippen LogP contribution >= 0.6 is 0 Å². The number of nitrogens with one attached hydrogen (secondary N) is 2. The largest absolute Gasteiger partial charge is 0.380 e. The summed E-state index contributed by atoms with van der Waals surface area (Å²) in [7, 11) is 0. The summed E-state index contributed by atoms with van der Waals surface area (Å²) in [6.45, 7) is 0.317. The Morgan fingerprint density at radius 1 is 1.10 bits per heavy atom. The van der Waals surface area contributed by atoms with Crippen molar-refractivity contribution in [1.29, 1.82) is 0 Å². The van der Waals surface area contributed by atoms with Crippen LogP contribution in [0.2, 0.25) is 0 Å². The summed E-state index contributed by atoms with van der Waals surface area (Å²) in [5.41, 5.74) is 7.59. The summed E-state index contributed by atoms with van der Waals surface area (Å²) in [6, 6.07) is 15.5. The Balaban J connectivity index is 1.44. The van der Waals surface area contributed by atoms with Gasteiger partial charge < -0.3 is 21.1 Å². The zero-order chi connectivity index (χ0) is 21.1. The summed E-state index contributed by atoms with van der Waals surface area (Å²) >= 11 is 0. The number of benzene rings is 2. The van der Waals surface area contributed by atoms with Crippen molar-refractivity contribution in [3.8, 4) is 0 Å². The normalized spacial score (nSPS) is 11.9. The van der Waals surface area contributed by atoms with Crippen molar-refractivity contribution in [2.45, 2.75) is 12.6 Å². The van der Waals surface area contributed by atoms with E-state index in [1.54, 1.807) is 48.5 Å². The molecule has 9 nitrogen and oxygen atoms in total. The van der Waals surface area contributed by atoms with Crippen LogP contribution in [0.4, 0.5) is 11.6 Å². The molecule has 0 saturated heterocycles. The molecule has 0 radical (unpaired) electrons. The zero-order valence-electron chi connectivity index (χ0n) is 15.7. The fourth-order valence-electron chi connectivity index (χ4n) is 2.95. The van der Waals surface area contributed by atoms with Crippen molar-refractivity contribution in [2.75, 3.05) is 11.1 Å². The Morgan fingerprint density at radius 3 is 2.57 bits per heavy atom. The van der Waals surface area contributed by atoms with Gasteiger partial charge in [-0.1, -0.05) is 42.5 Å². The Bertz CT molecular complexity index is 1260. The van der Waals surface area contributed by atoms with Crippen LogP contribution in [0, 0.1) is 0 Å². The fraction of sp³-hybridized carbons (Fsp3) is 0.0952. The van der Waals surface area contributed by atoms with Gasteiger partial charge in [-0.25, -0.2) is 9.97 Å². The monoisotopic (exact) mass is 402 g/mol. The summed E-state index contributed by atoms with van der Waals surface area (Å²) in [5, 5.41) is 13.5. The number of aromatic amines is 1. The van der Waals surface area contributed by atoms with Gasteiger partial charge in [0.2, 0.25) is 5.95 Å². The van der Waals surface area contributed by atoms with Crippen molar-refractivity contribution in [3.63, 3.8) is 0 Å². The highest BCUT2D eigenvalue weighted by Gasteiger charge is 2.18. The van der Waals surface area contributed by atoms with Gasteiger partial charge in [0.15, 0.2) is 16.9 Å². The Kier molecular flexibility index (Phi) is 5.19. The van der Waals surface area contributed by atoms with Crippen molar-refractivity contribution in [1.82, 2.24) is 19.9 Å². The Hall–Kier alpha value is -4.11. The van der Waals surface area contributed by atoms with Crippen molar-refractivity contribution >= 4 is 28.6 Å². The fourth-order valence-corrected chi connectivity index (χ4v) is 2.95. The molecule has 2 heterocycles. The van der Waals surface area contributed by atoms with Gasteiger partial charge in [-0.05, 0) is 17.7 Å². The van der Waals surface area contributed by atoms with Gasteiger partial charge in [0.25, 0.3) is 0 Å². The molecule has 0 aliphatic rings. The van der Waals surface area contributed by atoms with Gasteiger partial charge in [0.05, 0.1) is 18.4 Å². The lowest BCUT2D eigenvalue weighted by Crippen LogP contribution is -2.15. The number of nitrogen functional groups attached to an aromatic ring is 1. The molecule has 150 valence electrons. The molecule has 0 saturated carbocycles. The number of hydrogen-bond donors (Lipinski definition) is 4. The predicted octanol–water partition coefficient (Wildman–Crippen LogP) is 1.82. The second-order valence-corrected chi connectivity index (χ2v) is 6.59. The lowest BCUT2D eigenvalue weighted by molar-refractivity contribution is 0.0747. The number of nitrogens with zero attached hydrogens (tertiary/aromatic N) is 3. The lowest BCUT2D eigenvalue weighted by Gasteiger charge is -2.12. The third kappa shape index (κ3) is 4.01. The van der Waals surface area contributed by atoms with Gasteiger partial charge in [0, 0.05) is 11.3 Å². The Labute approximate surface area is 170 Å². The molecule has 0 amide bonds. The van der Waals surface area contributed by atoms with Crippen LogP contribution in [0.3, 0.4) is 0 Å². The number of aliphatic hydroxyl groups is 1. The SMILES string of the molecule is Nc1nc(=O)c2nc(CNc3ccc(C(O)C(=O)c4ccccc4)cc3)cnc2[nH]1. The minimum atomic E-state index is -1.24. The maximum atomic E-state index is 12.4. The van der Waals surface area contributed by atoms with E-state index in [9.17, 15) is 14.7 Å². The van der Waals surface area contributed by atoms with Crippen LogP contribution in [-0.2, 0) is 6.54 Å². The number of fused-ring (bicyclic) bond motifs is 1. The highest BCUT2D eigenvalue weighted by atomic mass is 16.3. The first-order valence-electron chi connectivity index (χ1n) is 9.14. The van der Waals surface area contributed by atoms with Crippen LogP contribution in [0.1, 0.15) is 27.7 Å². The first kappa shape index (κ1) is 19.2.